The van der Waals surface area contributed by atoms with Gasteiger partial charge < -0.3 is 19.4 Å². The molecule has 0 unspecified atom stereocenters. The van der Waals surface area contributed by atoms with Gasteiger partial charge in [0, 0.05) is 24.7 Å². The van der Waals surface area contributed by atoms with Crippen molar-refractivity contribution in [2.24, 2.45) is 7.05 Å². The Labute approximate surface area is 170 Å². The molecule has 1 aromatic carbocycles. The Morgan fingerprint density at radius 2 is 1.97 bits per heavy atom. The number of aromatic nitrogens is 6. The number of pyridine rings is 1. The molecular weight excluding hydrogens is 389 g/mol. The van der Waals surface area contributed by atoms with Crippen molar-refractivity contribution in [2.75, 3.05) is 18.5 Å². The third-order valence-electron chi connectivity index (χ3n) is 5.85. The Morgan fingerprint density at radius 1 is 1.13 bits per heavy atom. The topological polar surface area (TPSA) is 91.4 Å². The zero-order valence-electron chi connectivity index (χ0n) is 16.4. The van der Waals surface area contributed by atoms with Crippen LogP contribution in [-0.2, 0) is 13.6 Å². The molecular formula is C20H18FN7O2. The summed E-state index contributed by atoms with van der Waals surface area (Å²) < 4.78 is 30.4. The summed E-state index contributed by atoms with van der Waals surface area (Å²) >= 11 is 0. The Bertz CT molecular complexity index is 1310. The number of anilines is 1. The SMILES string of the molecule is Cc1nnc(-c2cc3c(n4cnnc24)NCc2c(F)ccc4c2[C@@H](CO4)CO3)n1C. The van der Waals surface area contributed by atoms with Crippen LogP contribution in [0.15, 0.2) is 24.5 Å². The third-order valence-corrected chi connectivity index (χ3v) is 5.85. The van der Waals surface area contributed by atoms with Crippen molar-refractivity contribution in [3.8, 4) is 22.9 Å². The van der Waals surface area contributed by atoms with Gasteiger partial charge in [-0.25, -0.2) is 4.39 Å². The average Bonchev–Trinajstić information content (AvgIpc) is 3.46. The lowest BCUT2D eigenvalue weighted by atomic mass is 9.96. The minimum Gasteiger partial charge on any atom is -0.493 e. The maximum Gasteiger partial charge on any atom is 0.173 e. The lowest BCUT2D eigenvalue weighted by Crippen LogP contribution is -2.13. The van der Waals surface area contributed by atoms with Crippen LogP contribution in [0.1, 0.15) is 22.9 Å². The van der Waals surface area contributed by atoms with Gasteiger partial charge in [0.15, 0.2) is 23.0 Å². The van der Waals surface area contributed by atoms with Crippen molar-refractivity contribution >= 4 is 11.5 Å². The van der Waals surface area contributed by atoms with Gasteiger partial charge in [-0.15, -0.1) is 20.4 Å². The molecule has 0 radical (unpaired) electrons. The molecule has 0 saturated carbocycles. The standard InChI is InChI=1S/C20H18FN7O2/c1-10-24-26-18(27(10)2)12-5-16-20(28-9-23-25-19(12)28)22-6-13-14(21)3-4-15-17(13)11(7-29-15)8-30-16/h3-5,9,11,22H,6-8H2,1-2H3/t11-/m0/s1. The van der Waals surface area contributed by atoms with E-state index in [2.05, 4.69) is 25.7 Å². The zero-order chi connectivity index (χ0) is 20.4. The highest BCUT2D eigenvalue weighted by atomic mass is 19.1. The van der Waals surface area contributed by atoms with Crippen LogP contribution < -0.4 is 14.8 Å². The summed E-state index contributed by atoms with van der Waals surface area (Å²) in [5, 5.41) is 20.1. The molecule has 152 valence electrons. The minimum absolute atomic E-state index is 0.0458. The smallest absolute Gasteiger partial charge is 0.173 e. The van der Waals surface area contributed by atoms with Gasteiger partial charge in [-0.3, -0.25) is 4.40 Å². The second-order valence-electron chi connectivity index (χ2n) is 7.54. The molecule has 9 nitrogen and oxygen atoms in total. The van der Waals surface area contributed by atoms with Crippen LogP contribution in [0.2, 0.25) is 0 Å². The molecule has 4 aromatic rings. The Hall–Kier alpha value is -3.69. The van der Waals surface area contributed by atoms with Crippen LogP contribution in [-0.4, -0.2) is 42.6 Å². The van der Waals surface area contributed by atoms with Gasteiger partial charge in [0.2, 0.25) is 0 Å². The molecule has 0 bridgehead atoms. The van der Waals surface area contributed by atoms with E-state index >= 15 is 0 Å². The monoisotopic (exact) mass is 407 g/mol. The highest BCUT2D eigenvalue weighted by Crippen LogP contribution is 2.41. The van der Waals surface area contributed by atoms with E-state index in [-0.39, 0.29) is 11.7 Å². The Morgan fingerprint density at radius 3 is 2.77 bits per heavy atom. The first kappa shape index (κ1) is 17.2. The van der Waals surface area contributed by atoms with E-state index < -0.39 is 0 Å². The molecule has 0 fully saturated rings. The van der Waals surface area contributed by atoms with Crippen LogP contribution in [0.4, 0.5) is 10.2 Å². The number of aryl methyl sites for hydroxylation is 1. The highest BCUT2D eigenvalue weighted by Gasteiger charge is 2.32. The fourth-order valence-corrected chi connectivity index (χ4v) is 4.19. The summed E-state index contributed by atoms with van der Waals surface area (Å²) in [5.41, 5.74) is 2.84. The number of hydrogen-bond acceptors (Lipinski definition) is 7. The van der Waals surface area contributed by atoms with Crippen molar-refractivity contribution < 1.29 is 13.9 Å². The van der Waals surface area contributed by atoms with Crippen LogP contribution in [0.5, 0.6) is 11.5 Å². The zero-order valence-corrected chi connectivity index (χ0v) is 16.4. The van der Waals surface area contributed by atoms with E-state index in [9.17, 15) is 4.39 Å². The van der Waals surface area contributed by atoms with Crippen LogP contribution in [0, 0.1) is 12.7 Å². The van der Waals surface area contributed by atoms with Crippen molar-refractivity contribution in [1.82, 2.24) is 29.4 Å². The third kappa shape index (κ3) is 2.33. The number of hydrogen-bond donors (Lipinski definition) is 1. The maximum atomic E-state index is 14.7. The summed E-state index contributed by atoms with van der Waals surface area (Å²) in [7, 11) is 1.90. The molecule has 6 rings (SSSR count). The van der Waals surface area contributed by atoms with Gasteiger partial charge in [-0.1, -0.05) is 0 Å². The molecule has 0 saturated heterocycles. The molecule has 0 amide bonds. The van der Waals surface area contributed by atoms with Crippen molar-refractivity contribution in [3.63, 3.8) is 0 Å². The lowest BCUT2D eigenvalue weighted by Gasteiger charge is -2.16. The highest BCUT2D eigenvalue weighted by molar-refractivity contribution is 5.78. The number of rotatable bonds is 1. The van der Waals surface area contributed by atoms with E-state index in [0.717, 1.165) is 22.7 Å². The fraction of sp³-hybridized carbons (Fsp3) is 0.300. The molecule has 3 aromatic heterocycles. The van der Waals surface area contributed by atoms with Crippen LogP contribution >= 0.6 is 0 Å². The molecule has 1 atom stereocenters. The lowest BCUT2D eigenvalue weighted by molar-refractivity contribution is 0.249. The minimum atomic E-state index is -0.258. The van der Waals surface area contributed by atoms with Gasteiger partial charge >= 0.3 is 0 Å². The van der Waals surface area contributed by atoms with Gasteiger partial charge in [-0.05, 0) is 25.1 Å². The molecule has 0 spiro atoms. The van der Waals surface area contributed by atoms with E-state index in [1.807, 2.05) is 24.6 Å². The number of ether oxygens (including phenoxy) is 2. The number of benzene rings is 1. The molecule has 1 N–H and O–H groups in total. The molecule has 2 aliphatic rings. The summed E-state index contributed by atoms with van der Waals surface area (Å²) in [6, 6.07) is 5.02. The molecule has 10 heteroatoms. The first-order chi connectivity index (χ1) is 14.6. The normalized spacial score (nSPS) is 17.2. The average molecular weight is 407 g/mol. The largest absolute Gasteiger partial charge is 0.493 e. The quantitative estimate of drug-likeness (QED) is 0.518. The molecule has 5 heterocycles. The summed E-state index contributed by atoms with van der Waals surface area (Å²) in [6.45, 7) is 3.01. The van der Waals surface area contributed by atoms with Gasteiger partial charge in [0.05, 0.1) is 24.7 Å². The predicted molar refractivity (Wildman–Crippen MR) is 105 cm³/mol. The molecule has 30 heavy (non-hydrogen) atoms. The molecule has 2 aliphatic heterocycles. The van der Waals surface area contributed by atoms with E-state index in [1.54, 1.807) is 16.8 Å². The number of fused-ring (bicyclic) bond motifs is 3. The first-order valence-corrected chi connectivity index (χ1v) is 9.65. The number of nitrogens with zero attached hydrogens (tertiary/aromatic N) is 6. The van der Waals surface area contributed by atoms with Crippen LogP contribution in [0.25, 0.3) is 17.0 Å². The maximum absolute atomic E-state index is 14.7. The van der Waals surface area contributed by atoms with E-state index in [0.29, 0.717) is 48.4 Å². The van der Waals surface area contributed by atoms with Gasteiger partial charge in [0.25, 0.3) is 0 Å². The van der Waals surface area contributed by atoms with Crippen molar-refractivity contribution in [2.45, 2.75) is 19.4 Å². The summed E-state index contributed by atoms with van der Waals surface area (Å²) in [4.78, 5) is 0. The van der Waals surface area contributed by atoms with Crippen molar-refractivity contribution in [3.05, 3.63) is 47.3 Å². The first-order valence-electron chi connectivity index (χ1n) is 9.65. The second kappa shape index (κ2) is 6.15. The van der Waals surface area contributed by atoms with Crippen molar-refractivity contribution in [1.29, 1.82) is 0 Å². The summed E-state index contributed by atoms with van der Waals surface area (Å²) in [6.07, 6.45) is 1.61. The predicted octanol–water partition coefficient (Wildman–Crippen LogP) is 2.45. The Balaban J connectivity index is 1.53. The van der Waals surface area contributed by atoms with Crippen LogP contribution in [0.3, 0.4) is 0 Å². The second-order valence-corrected chi connectivity index (χ2v) is 7.54. The number of nitrogens with one attached hydrogen (secondary N) is 1. The molecule has 0 aliphatic carbocycles. The fourth-order valence-electron chi connectivity index (χ4n) is 4.19. The van der Waals surface area contributed by atoms with Gasteiger partial charge in [0.1, 0.15) is 23.7 Å². The van der Waals surface area contributed by atoms with Gasteiger partial charge in [-0.2, -0.15) is 0 Å². The summed E-state index contributed by atoms with van der Waals surface area (Å²) in [5.74, 6) is 3.14. The number of halogens is 1. The Kier molecular flexibility index (Phi) is 3.53. The van der Waals surface area contributed by atoms with E-state index in [1.165, 1.54) is 6.07 Å². The van der Waals surface area contributed by atoms with E-state index in [4.69, 9.17) is 9.47 Å².